The molecule has 1 fully saturated rings. The van der Waals surface area contributed by atoms with Gasteiger partial charge in [-0.05, 0) is 59.0 Å². The highest BCUT2D eigenvalue weighted by molar-refractivity contribution is 7.89. The highest BCUT2D eigenvalue weighted by Gasteiger charge is 2.42. The van der Waals surface area contributed by atoms with E-state index in [2.05, 4.69) is 0 Å². The summed E-state index contributed by atoms with van der Waals surface area (Å²) in [7, 11) is -0.456. The molecule has 1 N–H and O–H groups in total. The number of carboxylic acids is 1. The van der Waals surface area contributed by atoms with Crippen molar-refractivity contribution in [2.75, 3.05) is 33.9 Å². The molecule has 0 radical (unpaired) electrons. The molecule has 4 rings (SSSR count). The number of hydrogen-bond donors (Lipinski definition) is 1. The fraction of sp³-hybridized carbons (Fsp3) is 0.296. The summed E-state index contributed by atoms with van der Waals surface area (Å²) in [6.45, 7) is 2.62. The Hall–Kier alpha value is -3.24. The summed E-state index contributed by atoms with van der Waals surface area (Å²) in [5, 5.41) is 8.93. The molecule has 3 aromatic carbocycles. The maximum atomic E-state index is 12.3. The van der Waals surface area contributed by atoms with Gasteiger partial charge in [0, 0.05) is 14.1 Å². The number of ether oxygens (including phenoxy) is 3. The Morgan fingerprint density at radius 1 is 1.03 bits per heavy atom. The number of aliphatic carboxylic acids is 1. The van der Waals surface area contributed by atoms with E-state index in [1.165, 1.54) is 18.4 Å². The molecule has 0 bridgehead atoms. The smallest absolute Gasteiger partial charge is 0.329 e. The number of rotatable bonds is 10. The fourth-order valence-electron chi connectivity index (χ4n) is 4.01. The van der Waals surface area contributed by atoms with Crippen LogP contribution in [0.25, 0.3) is 11.1 Å². The second kappa shape index (κ2) is 10.4. The molecule has 0 aromatic heterocycles. The SMILES string of the molecule is Cc1c(COc2ccc(C3(OCC(=O)O)COC3)cc2)cccc1-c1ccc(S(=O)(=O)N(C)C)cc1. The average molecular weight is 512 g/mol. The number of sulfonamides is 1. The van der Waals surface area contributed by atoms with Gasteiger partial charge in [0.2, 0.25) is 10.0 Å². The van der Waals surface area contributed by atoms with Crippen molar-refractivity contribution in [1.82, 2.24) is 4.31 Å². The molecular formula is C27H29NO7S. The molecule has 8 nitrogen and oxygen atoms in total. The molecule has 0 atom stereocenters. The Morgan fingerprint density at radius 2 is 1.69 bits per heavy atom. The average Bonchev–Trinajstić information content (AvgIpc) is 2.83. The molecule has 0 amide bonds. The molecule has 1 aliphatic rings. The largest absolute Gasteiger partial charge is 0.489 e. The van der Waals surface area contributed by atoms with E-state index >= 15 is 0 Å². The minimum Gasteiger partial charge on any atom is -0.489 e. The van der Waals surface area contributed by atoms with Gasteiger partial charge < -0.3 is 19.3 Å². The van der Waals surface area contributed by atoms with Gasteiger partial charge in [0.25, 0.3) is 0 Å². The van der Waals surface area contributed by atoms with Crippen LogP contribution in [0.5, 0.6) is 5.75 Å². The lowest BCUT2D eigenvalue weighted by atomic mass is 9.91. The molecule has 1 aliphatic heterocycles. The van der Waals surface area contributed by atoms with Crippen LogP contribution < -0.4 is 4.74 Å². The van der Waals surface area contributed by atoms with Crippen molar-refractivity contribution in [3.8, 4) is 16.9 Å². The Bertz CT molecular complexity index is 1330. The summed E-state index contributed by atoms with van der Waals surface area (Å²) in [5.41, 5.74) is 4.09. The predicted molar refractivity (Wildman–Crippen MR) is 134 cm³/mol. The van der Waals surface area contributed by atoms with Gasteiger partial charge >= 0.3 is 5.97 Å². The summed E-state index contributed by atoms with van der Waals surface area (Å²) in [5.74, 6) is -0.344. The van der Waals surface area contributed by atoms with Crippen molar-refractivity contribution in [1.29, 1.82) is 0 Å². The third-order valence-electron chi connectivity index (χ3n) is 6.31. The van der Waals surface area contributed by atoms with Crippen molar-refractivity contribution in [3.05, 3.63) is 83.4 Å². The Labute approximate surface area is 211 Å². The van der Waals surface area contributed by atoms with Crippen LogP contribution in [0.3, 0.4) is 0 Å². The first-order valence-corrected chi connectivity index (χ1v) is 12.8. The molecule has 190 valence electrons. The van der Waals surface area contributed by atoms with Crippen LogP contribution in [0.2, 0.25) is 0 Å². The van der Waals surface area contributed by atoms with E-state index in [1.54, 1.807) is 12.1 Å². The zero-order valence-corrected chi connectivity index (χ0v) is 21.2. The van der Waals surface area contributed by atoms with Crippen molar-refractivity contribution < 1.29 is 32.5 Å². The molecule has 3 aromatic rings. The zero-order valence-electron chi connectivity index (χ0n) is 20.4. The monoisotopic (exact) mass is 511 g/mol. The maximum absolute atomic E-state index is 12.3. The van der Waals surface area contributed by atoms with Crippen LogP contribution >= 0.6 is 0 Å². The summed E-state index contributed by atoms with van der Waals surface area (Å²) in [6.07, 6.45) is 0. The molecule has 1 saturated heterocycles. The summed E-state index contributed by atoms with van der Waals surface area (Å²) >= 11 is 0. The lowest BCUT2D eigenvalue weighted by Gasteiger charge is -2.41. The van der Waals surface area contributed by atoms with Crippen molar-refractivity contribution in [2.45, 2.75) is 24.0 Å². The molecule has 0 unspecified atom stereocenters. The second-order valence-electron chi connectivity index (χ2n) is 8.88. The molecule has 36 heavy (non-hydrogen) atoms. The molecular weight excluding hydrogens is 482 g/mol. The van der Waals surface area contributed by atoms with Gasteiger partial charge in [-0.15, -0.1) is 0 Å². The van der Waals surface area contributed by atoms with E-state index in [0.29, 0.717) is 25.6 Å². The van der Waals surface area contributed by atoms with E-state index < -0.39 is 21.6 Å². The highest BCUT2D eigenvalue weighted by Crippen LogP contribution is 2.35. The third-order valence-corrected chi connectivity index (χ3v) is 8.14. The topological polar surface area (TPSA) is 102 Å². The Morgan fingerprint density at radius 3 is 2.25 bits per heavy atom. The van der Waals surface area contributed by atoms with Crippen LogP contribution in [-0.2, 0) is 36.5 Å². The van der Waals surface area contributed by atoms with Gasteiger partial charge in [-0.2, -0.15) is 0 Å². The Kier molecular flexibility index (Phi) is 7.46. The highest BCUT2D eigenvalue weighted by atomic mass is 32.2. The second-order valence-corrected chi connectivity index (χ2v) is 11.0. The van der Waals surface area contributed by atoms with E-state index in [0.717, 1.165) is 27.8 Å². The van der Waals surface area contributed by atoms with Crippen LogP contribution in [0, 0.1) is 6.92 Å². The number of nitrogens with zero attached hydrogens (tertiary/aromatic N) is 1. The molecule has 0 aliphatic carbocycles. The normalized spacial score (nSPS) is 14.9. The Balaban J connectivity index is 1.46. The molecule has 1 heterocycles. The number of benzene rings is 3. The first-order chi connectivity index (χ1) is 17.1. The molecule has 0 spiro atoms. The number of carbonyl (C=O) groups is 1. The minimum atomic E-state index is -3.48. The first-order valence-electron chi connectivity index (χ1n) is 11.4. The molecule has 0 saturated carbocycles. The van der Waals surface area contributed by atoms with Crippen LogP contribution in [-0.4, -0.2) is 57.7 Å². The van der Waals surface area contributed by atoms with Crippen molar-refractivity contribution in [2.24, 2.45) is 0 Å². The van der Waals surface area contributed by atoms with E-state index in [4.69, 9.17) is 19.3 Å². The van der Waals surface area contributed by atoms with Crippen molar-refractivity contribution >= 4 is 16.0 Å². The van der Waals surface area contributed by atoms with Gasteiger partial charge in [0.15, 0.2) is 0 Å². The molecule has 9 heteroatoms. The van der Waals surface area contributed by atoms with Gasteiger partial charge in [-0.25, -0.2) is 17.5 Å². The zero-order chi connectivity index (χ0) is 25.9. The predicted octanol–water partition coefficient (Wildman–Crippen LogP) is 3.82. The van der Waals surface area contributed by atoms with Crippen LogP contribution in [0.15, 0.2) is 71.6 Å². The first kappa shape index (κ1) is 25.8. The quantitative estimate of drug-likeness (QED) is 0.442. The van der Waals surface area contributed by atoms with Gasteiger partial charge in [-0.3, -0.25) is 0 Å². The van der Waals surface area contributed by atoms with Gasteiger partial charge in [-0.1, -0.05) is 42.5 Å². The summed E-state index contributed by atoms with van der Waals surface area (Å²) < 4.78 is 42.8. The van der Waals surface area contributed by atoms with Crippen LogP contribution in [0.1, 0.15) is 16.7 Å². The van der Waals surface area contributed by atoms with Crippen molar-refractivity contribution in [3.63, 3.8) is 0 Å². The summed E-state index contributed by atoms with van der Waals surface area (Å²) in [6, 6.07) is 20.2. The third kappa shape index (κ3) is 5.29. The van der Waals surface area contributed by atoms with E-state index in [1.807, 2.05) is 61.5 Å². The van der Waals surface area contributed by atoms with E-state index in [-0.39, 0.29) is 11.5 Å². The van der Waals surface area contributed by atoms with Crippen LogP contribution in [0.4, 0.5) is 0 Å². The lowest BCUT2D eigenvalue weighted by molar-refractivity contribution is -0.220. The maximum Gasteiger partial charge on any atom is 0.329 e. The number of carboxylic acid groups (broad SMARTS) is 1. The lowest BCUT2D eigenvalue weighted by Crippen LogP contribution is -2.49. The minimum absolute atomic E-state index is 0.250. The standard InChI is InChI=1S/C27H29NO7S/c1-19-21(5-4-6-25(19)20-7-13-24(14-8-20)36(31,32)28(2)3)15-34-23-11-9-22(10-12-23)27(17-33-18-27)35-16-26(29)30/h4-14H,15-18H2,1-3H3,(H,29,30). The fourth-order valence-corrected chi connectivity index (χ4v) is 4.91. The number of hydrogen-bond acceptors (Lipinski definition) is 6. The van der Waals surface area contributed by atoms with Gasteiger partial charge in [0.1, 0.15) is 24.6 Å². The van der Waals surface area contributed by atoms with Gasteiger partial charge in [0.05, 0.1) is 18.1 Å². The summed E-state index contributed by atoms with van der Waals surface area (Å²) in [4.78, 5) is 11.2. The van der Waals surface area contributed by atoms with E-state index in [9.17, 15) is 13.2 Å².